The number of allylic oxidation sites excluding steroid dienone is 1. The van der Waals surface area contributed by atoms with Gasteiger partial charge in [-0.1, -0.05) is 24.3 Å². The lowest BCUT2D eigenvalue weighted by atomic mass is 10.1. The summed E-state index contributed by atoms with van der Waals surface area (Å²) in [6.45, 7) is 7.56. The van der Waals surface area contributed by atoms with Crippen LogP contribution >= 0.6 is 11.8 Å². The van der Waals surface area contributed by atoms with Crippen LogP contribution in [0.1, 0.15) is 45.6 Å². The Hall–Kier alpha value is -0.730. The predicted octanol–water partition coefficient (Wildman–Crippen LogP) is 4.78. The Morgan fingerprint density at radius 1 is 1.32 bits per heavy atom. The van der Waals surface area contributed by atoms with Crippen molar-refractivity contribution in [2.75, 3.05) is 0 Å². The van der Waals surface area contributed by atoms with Crippen molar-refractivity contribution in [2.24, 2.45) is 0 Å². The van der Waals surface area contributed by atoms with Crippen LogP contribution in [-0.2, 0) is 6.54 Å². The Morgan fingerprint density at radius 3 is 2.84 bits per heavy atom. The molecule has 1 aromatic rings. The highest BCUT2D eigenvalue weighted by Crippen LogP contribution is 2.30. The minimum absolute atomic E-state index is 0.176. The summed E-state index contributed by atoms with van der Waals surface area (Å²) in [4.78, 5) is 1.39. The highest BCUT2D eigenvalue weighted by atomic mass is 32.2. The molecule has 1 aliphatic carbocycles. The Morgan fingerprint density at radius 2 is 2.16 bits per heavy atom. The number of rotatable bonds is 4. The molecule has 1 aliphatic rings. The Kier molecular flexibility index (Phi) is 5.12. The van der Waals surface area contributed by atoms with E-state index >= 15 is 0 Å². The molecule has 19 heavy (non-hydrogen) atoms. The third-order valence-corrected chi connectivity index (χ3v) is 4.44. The van der Waals surface area contributed by atoms with Crippen molar-refractivity contribution >= 4 is 11.8 Å². The quantitative estimate of drug-likeness (QED) is 0.794. The molecule has 0 amide bonds. The molecule has 0 radical (unpaired) electrons. The first-order valence-electron chi connectivity index (χ1n) is 7.20. The van der Waals surface area contributed by atoms with Crippen LogP contribution in [0.5, 0.6) is 0 Å². The normalized spacial score (nSPS) is 19.6. The van der Waals surface area contributed by atoms with Crippen molar-refractivity contribution < 1.29 is 0 Å². The van der Waals surface area contributed by atoms with Crippen LogP contribution in [-0.4, -0.2) is 10.8 Å². The highest BCUT2D eigenvalue weighted by Gasteiger charge is 2.11. The van der Waals surface area contributed by atoms with E-state index in [-0.39, 0.29) is 5.54 Å². The van der Waals surface area contributed by atoms with E-state index in [0.717, 1.165) is 6.54 Å². The molecular formula is C17H25NS. The fourth-order valence-electron chi connectivity index (χ4n) is 2.15. The zero-order chi connectivity index (χ0) is 13.7. The van der Waals surface area contributed by atoms with Crippen LogP contribution in [0, 0.1) is 0 Å². The molecular weight excluding hydrogens is 250 g/mol. The molecule has 0 spiro atoms. The van der Waals surface area contributed by atoms with Gasteiger partial charge in [0.1, 0.15) is 0 Å². The van der Waals surface area contributed by atoms with E-state index in [0.29, 0.717) is 5.25 Å². The SMILES string of the molecule is CC(C)(C)NCc1cccc(SC2C=CCCC2)c1. The Balaban J connectivity index is 1.94. The lowest BCUT2D eigenvalue weighted by Crippen LogP contribution is -2.35. The summed E-state index contributed by atoms with van der Waals surface area (Å²) in [5, 5.41) is 4.21. The van der Waals surface area contributed by atoms with Crippen LogP contribution in [0.4, 0.5) is 0 Å². The van der Waals surface area contributed by atoms with E-state index in [1.165, 1.54) is 29.7 Å². The Labute approximate surface area is 121 Å². The van der Waals surface area contributed by atoms with Crippen molar-refractivity contribution in [3.63, 3.8) is 0 Å². The predicted molar refractivity (Wildman–Crippen MR) is 85.7 cm³/mol. The third-order valence-electron chi connectivity index (χ3n) is 3.22. The summed E-state index contributed by atoms with van der Waals surface area (Å²) in [5.74, 6) is 0. The Bertz CT molecular complexity index is 431. The molecule has 0 saturated heterocycles. The first-order valence-corrected chi connectivity index (χ1v) is 8.08. The summed E-state index contributed by atoms with van der Waals surface area (Å²) in [7, 11) is 0. The van der Waals surface area contributed by atoms with E-state index in [2.05, 4.69) is 62.5 Å². The third kappa shape index (κ3) is 5.42. The zero-order valence-corrected chi connectivity index (χ0v) is 13.1. The molecule has 1 unspecified atom stereocenters. The number of thioether (sulfide) groups is 1. The summed E-state index contributed by atoms with van der Waals surface area (Å²) in [6, 6.07) is 8.94. The number of hydrogen-bond acceptors (Lipinski definition) is 2. The van der Waals surface area contributed by atoms with Crippen LogP contribution in [0.2, 0.25) is 0 Å². The number of benzene rings is 1. The highest BCUT2D eigenvalue weighted by molar-refractivity contribution is 8.00. The van der Waals surface area contributed by atoms with Gasteiger partial charge in [-0.2, -0.15) is 0 Å². The molecule has 2 rings (SSSR count). The largest absolute Gasteiger partial charge is 0.308 e. The van der Waals surface area contributed by atoms with Gasteiger partial charge < -0.3 is 5.32 Å². The van der Waals surface area contributed by atoms with Gasteiger partial charge in [0.15, 0.2) is 0 Å². The molecule has 0 aromatic heterocycles. The molecule has 0 fully saturated rings. The lowest BCUT2D eigenvalue weighted by Gasteiger charge is -2.21. The molecule has 0 aliphatic heterocycles. The summed E-state index contributed by atoms with van der Waals surface area (Å²) >= 11 is 2.00. The second kappa shape index (κ2) is 6.62. The summed E-state index contributed by atoms with van der Waals surface area (Å²) in [6.07, 6.45) is 8.60. The van der Waals surface area contributed by atoms with Crippen molar-refractivity contribution in [1.29, 1.82) is 0 Å². The van der Waals surface area contributed by atoms with Gasteiger partial charge in [-0.25, -0.2) is 0 Å². The molecule has 1 nitrogen and oxygen atoms in total. The van der Waals surface area contributed by atoms with Gasteiger partial charge >= 0.3 is 0 Å². The monoisotopic (exact) mass is 275 g/mol. The maximum atomic E-state index is 3.55. The maximum Gasteiger partial charge on any atom is 0.0274 e. The topological polar surface area (TPSA) is 12.0 Å². The first-order chi connectivity index (χ1) is 9.03. The fourth-order valence-corrected chi connectivity index (χ4v) is 3.35. The zero-order valence-electron chi connectivity index (χ0n) is 12.3. The van der Waals surface area contributed by atoms with Crippen LogP contribution in [0.25, 0.3) is 0 Å². The molecule has 0 heterocycles. The van der Waals surface area contributed by atoms with Gasteiger partial charge in [-0.15, -0.1) is 11.8 Å². The lowest BCUT2D eigenvalue weighted by molar-refractivity contribution is 0.424. The molecule has 1 N–H and O–H groups in total. The smallest absolute Gasteiger partial charge is 0.0274 e. The van der Waals surface area contributed by atoms with Gasteiger partial charge in [0.2, 0.25) is 0 Å². The van der Waals surface area contributed by atoms with Crippen molar-refractivity contribution in [3.05, 3.63) is 42.0 Å². The van der Waals surface area contributed by atoms with Crippen LogP contribution < -0.4 is 5.32 Å². The van der Waals surface area contributed by atoms with E-state index in [9.17, 15) is 0 Å². The average Bonchev–Trinajstić information content (AvgIpc) is 2.37. The number of hydrogen-bond donors (Lipinski definition) is 1. The maximum absolute atomic E-state index is 3.55. The van der Waals surface area contributed by atoms with Crippen molar-refractivity contribution in [2.45, 2.75) is 62.3 Å². The molecule has 1 atom stereocenters. The van der Waals surface area contributed by atoms with Gasteiger partial charge in [0, 0.05) is 22.2 Å². The van der Waals surface area contributed by atoms with Crippen LogP contribution in [0.3, 0.4) is 0 Å². The molecule has 2 heteroatoms. The second-order valence-electron chi connectivity index (χ2n) is 6.27. The fraction of sp³-hybridized carbons (Fsp3) is 0.529. The van der Waals surface area contributed by atoms with E-state index < -0.39 is 0 Å². The number of nitrogens with one attached hydrogen (secondary N) is 1. The molecule has 1 aromatic carbocycles. The van der Waals surface area contributed by atoms with Gasteiger partial charge in [0.25, 0.3) is 0 Å². The van der Waals surface area contributed by atoms with Gasteiger partial charge in [0.05, 0.1) is 0 Å². The minimum atomic E-state index is 0.176. The van der Waals surface area contributed by atoms with Gasteiger partial charge in [-0.3, -0.25) is 0 Å². The molecule has 104 valence electrons. The van der Waals surface area contributed by atoms with E-state index in [1.54, 1.807) is 0 Å². The van der Waals surface area contributed by atoms with E-state index in [1.807, 2.05) is 11.8 Å². The van der Waals surface area contributed by atoms with Crippen molar-refractivity contribution in [3.8, 4) is 0 Å². The summed E-state index contributed by atoms with van der Waals surface area (Å²) in [5.41, 5.74) is 1.55. The summed E-state index contributed by atoms with van der Waals surface area (Å²) < 4.78 is 0. The van der Waals surface area contributed by atoms with Gasteiger partial charge in [-0.05, 0) is 57.7 Å². The second-order valence-corrected chi connectivity index (χ2v) is 7.58. The standard InChI is InChI=1S/C17H25NS/c1-17(2,3)18-13-14-8-7-11-16(12-14)19-15-9-5-4-6-10-15/h5,7-9,11-12,15,18H,4,6,10,13H2,1-3H3. The van der Waals surface area contributed by atoms with E-state index in [4.69, 9.17) is 0 Å². The van der Waals surface area contributed by atoms with Crippen LogP contribution in [0.15, 0.2) is 41.3 Å². The minimum Gasteiger partial charge on any atom is -0.308 e. The molecule has 0 saturated carbocycles. The first kappa shape index (κ1) is 14.7. The van der Waals surface area contributed by atoms with Crippen molar-refractivity contribution in [1.82, 2.24) is 5.32 Å². The molecule has 0 bridgehead atoms. The average molecular weight is 275 g/mol.